The summed E-state index contributed by atoms with van der Waals surface area (Å²) in [6, 6.07) is 0. The summed E-state index contributed by atoms with van der Waals surface area (Å²) in [7, 11) is 0. The first-order valence-corrected chi connectivity index (χ1v) is 5.73. The molecule has 0 aliphatic carbocycles. The van der Waals surface area contributed by atoms with Crippen molar-refractivity contribution in [3.8, 4) is 0 Å². The maximum Gasteiger partial charge on any atom is 0.0231 e. The van der Waals surface area contributed by atoms with E-state index in [0.29, 0.717) is 4.75 Å². The summed E-state index contributed by atoms with van der Waals surface area (Å²) < 4.78 is 0.460. The molecule has 0 amide bonds. The smallest absolute Gasteiger partial charge is 0.0231 e. The molecule has 1 heterocycles. The molecule has 0 aromatic heterocycles. The minimum atomic E-state index is 0.460. The third-order valence-corrected chi connectivity index (χ3v) is 3.42. The van der Waals surface area contributed by atoms with Crippen LogP contribution in [0.5, 0.6) is 0 Å². The third kappa shape index (κ3) is 3.26. The average molecular weight is 191 g/mol. The van der Waals surface area contributed by atoms with Gasteiger partial charge < -0.3 is 4.90 Å². The first-order valence-electron chi connectivity index (χ1n) is 4.11. The van der Waals surface area contributed by atoms with Crippen molar-refractivity contribution in [1.29, 1.82) is 0 Å². The Labute approximate surface area is 79.3 Å². The highest BCUT2D eigenvalue weighted by Crippen LogP contribution is 2.29. The van der Waals surface area contributed by atoms with Gasteiger partial charge in [0.05, 0.1) is 0 Å². The highest BCUT2D eigenvalue weighted by atomic mass is 32.2. The topological polar surface area (TPSA) is 3.24 Å². The van der Waals surface area contributed by atoms with Crippen molar-refractivity contribution in [3.05, 3.63) is 0 Å². The Morgan fingerprint density at radius 2 is 2.27 bits per heavy atom. The molecule has 3 heteroatoms. The molecular weight excluding hydrogens is 174 g/mol. The lowest BCUT2D eigenvalue weighted by molar-refractivity contribution is 0.276. The Morgan fingerprint density at radius 3 is 2.82 bits per heavy atom. The molecule has 0 atom stereocenters. The molecule has 1 fully saturated rings. The Kier molecular flexibility index (Phi) is 3.59. The molecule has 0 aromatic carbocycles. The van der Waals surface area contributed by atoms with Crippen LogP contribution >= 0.6 is 24.4 Å². The van der Waals surface area contributed by atoms with Crippen molar-refractivity contribution >= 4 is 24.4 Å². The van der Waals surface area contributed by atoms with Gasteiger partial charge in [-0.2, -0.15) is 24.4 Å². The first kappa shape index (κ1) is 9.75. The van der Waals surface area contributed by atoms with E-state index in [0.717, 1.165) is 12.3 Å². The number of hydrogen-bond acceptors (Lipinski definition) is 3. The van der Waals surface area contributed by atoms with Crippen LogP contribution in [0.1, 0.15) is 13.8 Å². The van der Waals surface area contributed by atoms with Gasteiger partial charge in [-0.15, -0.1) is 0 Å². The second kappa shape index (κ2) is 4.06. The molecule has 0 aromatic rings. The van der Waals surface area contributed by atoms with Gasteiger partial charge in [-0.25, -0.2) is 0 Å². The van der Waals surface area contributed by atoms with E-state index in [1.54, 1.807) is 0 Å². The van der Waals surface area contributed by atoms with E-state index >= 15 is 0 Å². The van der Waals surface area contributed by atoms with Crippen molar-refractivity contribution < 1.29 is 0 Å². The van der Waals surface area contributed by atoms with Crippen LogP contribution in [0.25, 0.3) is 0 Å². The Hall–Kier alpha value is 0.660. The van der Waals surface area contributed by atoms with Crippen molar-refractivity contribution in [3.63, 3.8) is 0 Å². The molecule has 0 N–H and O–H groups in total. The maximum atomic E-state index is 4.24. The predicted molar refractivity (Wildman–Crippen MR) is 56.8 cm³/mol. The fourth-order valence-electron chi connectivity index (χ4n) is 1.45. The van der Waals surface area contributed by atoms with E-state index < -0.39 is 0 Å². The van der Waals surface area contributed by atoms with E-state index in [4.69, 9.17) is 0 Å². The van der Waals surface area contributed by atoms with Gasteiger partial charge in [-0.3, -0.25) is 0 Å². The van der Waals surface area contributed by atoms with Crippen LogP contribution in [0.2, 0.25) is 0 Å². The van der Waals surface area contributed by atoms with Gasteiger partial charge in [0.15, 0.2) is 0 Å². The van der Waals surface area contributed by atoms with Gasteiger partial charge in [0.2, 0.25) is 0 Å². The fraction of sp³-hybridized carbons (Fsp3) is 1.00. The Bertz CT molecular complexity index is 123. The monoisotopic (exact) mass is 191 g/mol. The molecule has 1 aliphatic heterocycles. The van der Waals surface area contributed by atoms with Gasteiger partial charge in [-0.1, -0.05) is 0 Å². The number of nitrogens with zero attached hydrogens (tertiary/aromatic N) is 1. The maximum absolute atomic E-state index is 4.24. The summed E-state index contributed by atoms with van der Waals surface area (Å²) in [6.45, 7) is 8.25. The Balaban J connectivity index is 2.34. The SMILES string of the molecule is CC1(C)CN(CCS)CCS1. The number of thioether (sulfide) groups is 1. The first-order chi connectivity index (χ1) is 5.14. The predicted octanol–water partition coefficient (Wildman–Crippen LogP) is 1.74. The van der Waals surface area contributed by atoms with E-state index in [-0.39, 0.29) is 0 Å². The normalized spacial score (nSPS) is 25.4. The van der Waals surface area contributed by atoms with Crippen molar-refractivity contribution in [2.24, 2.45) is 0 Å². The van der Waals surface area contributed by atoms with E-state index in [1.807, 2.05) is 0 Å². The molecule has 0 unspecified atom stereocenters. The van der Waals surface area contributed by atoms with E-state index in [1.165, 1.54) is 18.8 Å². The van der Waals surface area contributed by atoms with Crippen LogP contribution in [-0.4, -0.2) is 40.8 Å². The highest BCUT2D eigenvalue weighted by molar-refractivity contribution is 8.00. The molecule has 11 heavy (non-hydrogen) atoms. The second-order valence-electron chi connectivity index (χ2n) is 3.61. The molecule has 0 bridgehead atoms. The van der Waals surface area contributed by atoms with Gasteiger partial charge in [0.25, 0.3) is 0 Å². The number of rotatable bonds is 2. The lowest BCUT2D eigenvalue weighted by atomic mass is 10.2. The third-order valence-electron chi connectivity index (χ3n) is 1.92. The zero-order valence-corrected chi connectivity index (χ0v) is 9.05. The van der Waals surface area contributed by atoms with Crippen molar-refractivity contribution in [2.75, 3.05) is 31.1 Å². The molecule has 0 spiro atoms. The largest absolute Gasteiger partial charge is 0.300 e. The minimum absolute atomic E-state index is 0.460. The molecule has 1 rings (SSSR count). The fourth-order valence-corrected chi connectivity index (χ4v) is 2.91. The molecule has 0 saturated carbocycles. The van der Waals surface area contributed by atoms with Gasteiger partial charge in [0, 0.05) is 35.9 Å². The van der Waals surface area contributed by atoms with E-state index in [2.05, 4.69) is 43.1 Å². The molecule has 1 aliphatic rings. The van der Waals surface area contributed by atoms with Crippen LogP contribution in [0, 0.1) is 0 Å². The van der Waals surface area contributed by atoms with Gasteiger partial charge in [0.1, 0.15) is 0 Å². The zero-order valence-electron chi connectivity index (χ0n) is 7.34. The molecule has 66 valence electrons. The van der Waals surface area contributed by atoms with Crippen molar-refractivity contribution in [1.82, 2.24) is 4.90 Å². The molecule has 1 saturated heterocycles. The van der Waals surface area contributed by atoms with Crippen LogP contribution in [0.15, 0.2) is 0 Å². The van der Waals surface area contributed by atoms with E-state index in [9.17, 15) is 0 Å². The molecular formula is C8H17NS2. The summed E-state index contributed by atoms with van der Waals surface area (Å²) in [5, 5.41) is 0. The lowest BCUT2D eigenvalue weighted by Gasteiger charge is -2.37. The summed E-state index contributed by atoms with van der Waals surface area (Å²) >= 11 is 6.32. The van der Waals surface area contributed by atoms with Gasteiger partial charge >= 0.3 is 0 Å². The second-order valence-corrected chi connectivity index (χ2v) is 5.86. The summed E-state index contributed by atoms with van der Waals surface area (Å²) in [5.41, 5.74) is 0. The van der Waals surface area contributed by atoms with Crippen LogP contribution in [0.3, 0.4) is 0 Å². The summed E-state index contributed by atoms with van der Waals surface area (Å²) in [4.78, 5) is 2.50. The summed E-state index contributed by atoms with van der Waals surface area (Å²) in [5.74, 6) is 2.27. The minimum Gasteiger partial charge on any atom is -0.300 e. The Morgan fingerprint density at radius 1 is 1.55 bits per heavy atom. The lowest BCUT2D eigenvalue weighted by Crippen LogP contribution is -2.43. The highest BCUT2D eigenvalue weighted by Gasteiger charge is 2.25. The average Bonchev–Trinajstić information content (AvgIpc) is 1.85. The van der Waals surface area contributed by atoms with Gasteiger partial charge in [-0.05, 0) is 13.8 Å². The van der Waals surface area contributed by atoms with Crippen LogP contribution in [-0.2, 0) is 0 Å². The quantitative estimate of drug-likeness (QED) is 0.662. The number of hydrogen-bond donors (Lipinski definition) is 1. The summed E-state index contributed by atoms with van der Waals surface area (Å²) in [6.07, 6.45) is 0. The molecule has 1 nitrogen and oxygen atoms in total. The molecule has 0 radical (unpaired) electrons. The van der Waals surface area contributed by atoms with Crippen LogP contribution in [0.4, 0.5) is 0 Å². The standard InChI is InChI=1S/C8H17NS2/c1-8(2)7-9(3-5-10)4-6-11-8/h10H,3-7H2,1-2H3. The number of thiol groups is 1. The van der Waals surface area contributed by atoms with Crippen molar-refractivity contribution in [2.45, 2.75) is 18.6 Å². The zero-order chi connectivity index (χ0) is 8.32. The van der Waals surface area contributed by atoms with Crippen LogP contribution < -0.4 is 0 Å².